The molecule has 0 atom stereocenters. The molecule has 0 aromatic carbocycles. The Hall–Kier alpha value is -2.25. The van der Waals surface area contributed by atoms with Crippen molar-refractivity contribution in [2.24, 2.45) is 5.41 Å². The first-order valence-electron chi connectivity index (χ1n) is 8.70. The monoisotopic (exact) mass is 422 g/mol. The van der Waals surface area contributed by atoms with Crippen molar-refractivity contribution >= 4 is 40.6 Å². The van der Waals surface area contributed by atoms with E-state index in [0.29, 0.717) is 22.7 Å². The molecule has 0 aliphatic carbocycles. The first-order valence-corrected chi connectivity index (χ1v) is 9.89. The Morgan fingerprint density at radius 2 is 1.89 bits per heavy atom. The molecule has 2 heterocycles. The maximum atomic E-state index is 12.3. The van der Waals surface area contributed by atoms with Gasteiger partial charge in [-0.2, -0.15) is 0 Å². The van der Waals surface area contributed by atoms with Crippen LogP contribution in [0.15, 0.2) is 18.2 Å². The van der Waals surface area contributed by atoms with Gasteiger partial charge in [0.05, 0.1) is 17.0 Å². The van der Waals surface area contributed by atoms with E-state index in [9.17, 15) is 14.4 Å². The number of aromatic nitrogens is 1. The van der Waals surface area contributed by atoms with Crippen LogP contribution in [0.1, 0.15) is 56.9 Å². The zero-order chi connectivity index (χ0) is 21.1. The largest absolute Gasteiger partial charge is 0.454 e. The van der Waals surface area contributed by atoms with E-state index in [4.69, 9.17) is 16.3 Å². The summed E-state index contributed by atoms with van der Waals surface area (Å²) in [4.78, 5) is 41.8. The molecule has 6 nitrogen and oxygen atoms in total. The second-order valence-electron chi connectivity index (χ2n) is 7.44. The van der Waals surface area contributed by atoms with Gasteiger partial charge in [-0.25, -0.2) is 9.78 Å². The van der Waals surface area contributed by atoms with Crippen molar-refractivity contribution in [3.05, 3.63) is 49.9 Å². The first kappa shape index (κ1) is 22.0. The number of Topliss-reactive ketones (excluding diaryl/α,β-unsaturated/α-hetero) is 1. The molecule has 0 radical (unpaired) electrons. The number of pyridine rings is 1. The fourth-order valence-corrected chi connectivity index (χ4v) is 3.60. The lowest BCUT2D eigenvalue weighted by atomic mass is 9.96. The lowest BCUT2D eigenvalue weighted by molar-refractivity contribution is -0.128. The number of hydrogen-bond donors (Lipinski definition) is 1. The summed E-state index contributed by atoms with van der Waals surface area (Å²) in [5.74, 6) is -1.07. The van der Waals surface area contributed by atoms with Crippen LogP contribution in [0.2, 0.25) is 5.15 Å². The topological polar surface area (TPSA) is 85.4 Å². The third-order valence-corrected chi connectivity index (χ3v) is 5.28. The molecule has 0 unspecified atom stereocenters. The molecule has 0 bridgehead atoms. The molecule has 1 N–H and O–H groups in total. The highest BCUT2D eigenvalue weighted by atomic mass is 35.5. The molecule has 2 aromatic rings. The standard InChI is InChI=1S/C20H23ClN2O4S/c1-11-8-12(2)23-17(21)16(11)18(25)27-10-14(24)15-7-6-13(28-15)9-22-19(26)20(3,4)5/h6-8H,9-10H2,1-5H3,(H,22,26). The molecule has 0 aliphatic heterocycles. The van der Waals surface area contributed by atoms with E-state index in [1.165, 1.54) is 11.3 Å². The number of amides is 1. The Morgan fingerprint density at radius 3 is 2.50 bits per heavy atom. The van der Waals surface area contributed by atoms with Crippen molar-refractivity contribution in [1.29, 1.82) is 0 Å². The van der Waals surface area contributed by atoms with Crippen molar-refractivity contribution < 1.29 is 19.1 Å². The maximum Gasteiger partial charge on any atom is 0.342 e. The number of nitrogens with zero attached hydrogens (tertiary/aromatic N) is 1. The van der Waals surface area contributed by atoms with Crippen LogP contribution in [0.25, 0.3) is 0 Å². The number of ketones is 1. The predicted molar refractivity (Wildman–Crippen MR) is 109 cm³/mol. The van der Waals surface area contributed by atoms with Crippen molar-refractivity contribution in [3.63, 3.8) is 0 Å². The average Bonchev–Trinajstić information content (AvgIpc) is 3.04. The molecule has 28 heavy (non-hydrogen) atoms. The lowest BCUT2D eigenvalue weighted by Crippen LogP contribution is -2.34. The Kier molecular flexibility index (Phi) is 6.96. The Balaban J connectivity index is 1.95. The summed E-state index contributed by atoms with van der Waals surface area (Å²) in [7, 11) is 0. The number of thiophene rings is 1. The first-order chi connectivity index (χ1) is 13.0. The summed E-state index contributed by atoms with van der Waals surface area (Å²) in [6.07, 6.45) is 0. The number of carbonyl (C=O) groups is 3. The molecule has 2 rings (SSSR count). The van der Waals surface area contributed by atoms with Crippen LogP contribution < -0.4 is 5.32 Å². The third-order valence-electron chi connectivity index (χ3n) is 3.88. The van der Waals surface area contributed by atoms with E-state index in [-0.39, 0.29) is 22.4 Å². The van der Waals surface area contributed by atoms with Crippen LogP contribution in [0, 0.1) is 19.3 Å². The van der Waals surface area contributed by atoms with Gasteiger partial charge in [-0.05, 0) is 37.6 Å². The highest BCUT2D eigenvalue weighted by Gasteiger charge is 2.22. The second kappa shape index (κ2) is 8.84. The molecule has 0 saturated heterocycles. The van der Waals surface area contributed by atoms with Gasteiger partial charge in [-0.1, -0.05) is 32.4 Å². The van der Waals surface area contributed by atoms with Gasteiger partial charge in [0.2, 0.25) is 11.7 Å². The number of aryl methyl sites for hydroxylation is 2. The van der Waals surface area contributed by atoms with E-state index in [1.807, 2.05) is 20.8 Å². The molecular weight excluding hydrogens is 400 g/mol. The summed E-state index contributed by atoms with van der Waals surface area (Å²) in [6.45, 7) is 8.95. The van der Waals surface area contributed by atoms with Crippen LogP contribution in [0.3, 0.4) is 0 Å². The molecule has 8 heteroatoms. The fourth-order valence-electron chi connectivity index (χ4n) is 2.37. The summed E-state index contributed by atoms with van der Waals surface area (Å²) in [6, 6.07) is 5.15. The van der Waals surface area contributed by atoms with E-state index < -0.39 is 18.0 Å². The van der Waals surface area contributed by atoms with Gasteiger partial charge < -0.3 is 10.1 Å². The average molecular weight is 423 g/mol. The quantitative estimate of drug-likeness (QED) is 0.430. The van der Waals surface area contributed by atoms with Crippen LogP contribution in [-0.2, 0) is 16.1 Å². The molecule has 0 aliphatic rings. The van der Waals surface area contributed by atoms with Gasteiger partial charge in [0.25, 0.3) is 0 Å². The molecule has 150 valence electrons. The van der Waals surface area contributed by atoms with Crippen molar-refractivity contribution in [2.75, 3.05) is 6.61 Å². The minimum absolute atomic E-state index is 0.0583. The van der Waals surface area contributed by atoms with Crippen molar-refractivity contribution in [1.82, 2.24) is 10.3 Å². The third kappa shape index (κ3) is 5.62. The lowest BCUT2D eigenvalue weighted by Gasteiger charge is -2.17. The normalized spacial score (nSPS) is 11.2. The highest BCUT2D eigenvalue weighted by molar-refractivity contribution is 7.14. The second-order valence-corrected chi connectivity index (χ2v) is 8.97. The smallest absolute Gasteiger partial charge is 0.342 e. The van der Waals surface area contributed by atoms with Gasteiger partial charge in [-0.15, -0.1) is 11.3 Å². The van der Waals surface area contributed by atoms with E-state index in [2.05, 4.69) is 10.3 Å². The predicted octanol–water partition coefficient (Wildman–Crippen LogP) is 4.12. The molecule has 2 aromatic heterocycles. The number of rotatable bonds is 6. The van der Waals surface area contributed by atoms with Crippen LogP contribution in [-0.4, -0.2) is 29.3 Å². The summed E-state index contributed by atoms with van der Waals surface area (Å²) in [5, 5.41) is 2.89. The van der Waals surface area contributed by atoms with Gasteiger partial charge in [0, 0.05) is 16.0 Å². The Morgan fingerprint density at radius 1 is 1.21 bits per heavy atom. The summed E-state index contributed by atoms with van der Waals surface area (Å²) < 4.78 is 5.12. The SMILES string of the molecule is Cc1cc(C)c(C(=O)OCC(=O)c2ccc(CNC(=O)C(C)(C)C)s2)c(Cl)n1. The molecule has 1 amide bonds. The number of nitrogens with one attached hydrogen (secondary N) is 1. The number of hydrogen-bond acceptors (Lipinski definition) is 6. The molecule has 0 fully saturated rings. The minimum atomic E-state index is -0.683. The number of esters is 1. The van der Waals surface area contributed by atoms with Gasteiger partial charge in [0.1, 0.15) is 5.15 Å². The Bertz CT molecular complexity index is 892. The maximum absolute atomic E-state index is 12.3. The highest BCUT2D eigenvalue weighted by Crippen LogP contribution is 2.21. The van der Waals surface area contributed by atoms with Gasteiger partial charge in [-0.3, -0.25) is 9.59 Å². The number of halogens is 1. The van der Waals surface area contributed by atoms with Crippen LogP contribution in [0.5, 0.6) is 0 Å². The Labute approximate surface area is 173 Å². The number of carbonyl (C=O) groups excluding carboxylic acids is 3. The number of ether oxygens (including phenoxy) is 1. The fraction of sp³-hybridized carbons (Fsp3) is 0.400. The zero-order valence-electron chi connectivity index (χ0n) is 16.5. The van der Waals surface area contributed by atoms with Crippen LogP contribution in [0.4, 0.5) is 0 Å². The summed E-state index contributed by atoms with van der Waals surface area (Å²) >= 11 is 7.28. The van der Waals surface area contributed by atoms with Gasteiger partial charge in [0.15, 0.2) is 6.61 Å². The molecular formula is C20H23ClN2O4S. The van der Waals surface area contributed by atoms with Crippen LogP contribution >= 0.6 is 22.9 Å². The van der Waals surface area contributed by atoms with Crippen molar-refractivity contribution in [3.8, 4) is 0 Å². The van der Waals surface area contributed by atoms with Gasteiger partial charge >= 0.3 is 5.97 Å². The molecule has 0 saturated carbocycles. The minimum Gasteiger partial charge on any atom is -0.454 e. The van der Waals surface area contributed by atoms with E-state index >= 15 is 0 Å². The zero-order valence-corrected chi connectivity index (χ0v) is 18.1. The van der Waals surface area contributed by atoms with E-state index in [1.54, 1.807) is 32.0 Å². The van der Waals surface area contributed by atoms with E-state index in [0.717, 1.165) is 4.88 Å². The molecule has 0 spiro atoms. The van der Waals surface area contributed by atoms with Crippen molar-refractivity contribution in [2.45, 2.75) is 41.2 Å². The summed E-state index contributed by atoms with van der Waals surface area (Å²) in [5.41, 5.74) is 1.02.